The molecule has 4 saturated heterocycles. The van der Waals surface area contributed by atoms with E-state index in [1.54, 1.807) is 0 Å². The van der Waals surface area contributed by atoms with E-state index in [1.165, 1.54) is 6.42 Å². The molecule has 0 radical (unpaired) electrons. The van der Waals surface area contributed by atoms with Crippen LogP contribution in [0.1, 0.15) is 46.5 Å². The van der Waals surface area contributed by atoms with Crippen molar-refractivity contribution in [2.45, 2.75) is 70.4 Å². The number of carbonyl (C=O) groups is 2. The number of carboxylic acids is 2. The lowest BCUT2D eigenvalue weighted by Gasteiger charge is -2.60. The van der Waals surface area contributed by atoms with Gasteiger partial charge in [0.25, 0.3) is 0 Å². The van der Waals surface area contributed by atoms with E-state index in [-0.39, 0.29) is 12.2 Å². The SMILES string of the molecule is C[C@H]1[C@@H](OCCN)O[C@@H]2O[C@@]3(C)CC[C@H]4[C@H](C)CC[C@@H]1[C@@]24OO3.O=C(O)/C=C\C(=O)O. The Morgan fingerprint density at radius 3 is 2.39 bits per heavy atom. The molecular weight excluding hydrogens is 410 g/mol. The lowest BCUT2D eigenvalue weighted by Crippen LogP contribution is -2.70. The maximum absolute atomic E-state index is 9.55. The smallest absolute Gasteiger partial charge is 0.328 e. The Bertz CT molecular complexity index is 684. The number of nitrogens with two attached hydrogens (primary N) is 1. The van der Waals surface area contributed by atoms with Gasteiger partial charge in [-0.25, -0.2) is 19.4 Å². The molecule has 176 valence electrons. The molecule has 0 aromatic heterocycles. The second-order valence-corrected chi connectivity index (χ2v) is 8.94. The van der Waals surface area contributed by atoms with E-state index >= 15 is 0 Å². The van der Waals surface area contributed by atoms with Gasteiger partial charge in [0, 0.05) is 37.0 Å². The van der Waals surface area contributed by atoms with Crippen LogP contribution in [0.3, 0.4) is 0 Å². The van der Waals surface area contributed by atoms with Crippen molar-refractivity contribution in [2.75, 3.05) is 13.2 Å². The molecular formula is C21H33NO9. The lowest BCUT2D eigenvalue weighted by molar-refractivity contribution is -0.577. The number of aliphatic carboxylic acids is 2. The maximum atomic E-state index is 9.55. The zero-order valence-corrected chi connectivity index (χ0v) is 18.2. The van der Waals surface area contributed by atoms with Gasteiger partial charge in [0.1, 0.15) is 0 Å². The standard InChI is InChI=1S/C17H29NO5.C4H4O4/c1-10-4-5-13-11(2)14(19-9-8-18)20-15-17(13)12(10)6-7-16(3,21-15)22-23-17;5-3(6)1-2-4(7)8/h10-15H,4-9,18H2,1-3H3;1-2H,(H,5,6)(H,7,8)/b;2-1-/t10-,11-,12+,13+,14+,15-,16-,17-;/m1./s1. The zero-order valence-electron chi connectivity index (χ0n) is 18.2. The van der Waals surface area contributed by atoms with E-state index < -0.39 is 29.6 Å². The van der Waals surface area contributed by atoms with Crippen molar-refractivity contribution in [1.29, 1.82) is 0 Å². The highest BCUT2D eigenvalue weighted by molar-refractivity contribution is 5.89. The molecule has 4 N–H and O–H groups in total. The van der Waals surface area contributed by atoms with Gasteiger partial charge < -0.3 is 30.2 Å². The minimum atomic E-state index is -1.26. The van der Waals surface area contributed by atoms with E-state index in [2.05, 4.69) is 13.8 Å². The van der Waals surface area contributed by atoms with Crippen molar-refractivity contribution in [1.82, 2.24) is 0 Å². The van der Waals surface area contributed by atoms with E-state index in [0.29, 0.717) is 43.1 Å². The van der Waals surface area contributed by atoms with Crippen LogP contribution in [0.2, 0.25) is 0 Å². The summed E-state index contributed by atoms with van der Waals surface area (Å²) in [5, 5.41) is 15.6. The Balaban J connectivity index is 0.000000293. The molecule has 5 rings (SSSR count). The number of ether oxygens (including phenoxy) is 3. The molecule has 0 aromatic rings. The van der Waals surface area contributed by atoms with Gasteiger partial charge >= 0.3 is 11.9 Å². The molecule has 4 aliphatic heterocycles. The topological polar surface area (TPSA) is 147 Å². The van der Waals surface area contributed by atoms with Crippen molar-refractivity contribution in [3.8, 4) is 0 Å². The molecule has 0 unspecified atom stereocenters. The summed E-state index contributed by atoms with van der Waals surface area (Å²) in [6.45, 7) is 7.43. The largest absolute Gasteiger partial charge is 0.478 e. The van der Waals surface area contributed by atoms with Gasteiger partial charge in [-0.05, 0) is 38.0 Å². The lowest BCUT2D eigenvalue weighted by atomic mass is 9.58. The average molecular weight is 443 g/mol. The van der Waals surface area contributed by atoms with Crippen molar-refractivity contribution in [3.63, 3.8) is 0 Å². The molecule has 0 aromatic carbocycles. The Morgan fingerprint density at radius 1 is 1.10 bits per heavy atom. The molecule has 1 saturated carbocycles. The van der Waals surface area contributed by atoms with Crippen molar-refractivity contribution >= 4 is 11.9 Å². The third kappa shape index (κ3) is 4.79. The summed E-state index contributed by atoms with van der Waals surface area (Å²) in [6, 6.07) is 0. The highest BCUT2D eigenvalue weighted by atomic mass is 17.3. The fraction of sp³-hybridized carbons (Fsp3) is 0.810. The summed E-state index contributed by atoms with van der Waals surface area (Å²) in [5.41, 5.74) is 5.09. The molecule has 4 heterocycles. The summed E-state index contributed by atoms with van der Waals surface area (Å²) in [5.74, 6) is -1.72. The van der Waals surface area contributed by atoms with E-state index in [4.69, 9.17) is 39.9 Å². The van der Waals surface area contributed by atoms with Crippen LogP contribution in [0.25, 0.3) is 0 Å². The number of fused-ring (bicyclic) bond motifs is 2. The third-order valence-corrected chi connectivity index (χ3v) is 6.87. The Labute approximate surface area is 181 Å². The first kappa shape index (κ1) is 24.1. The predicted octanol–water partition coefficient (Wildman–Crippen LogP) is 1.88. The van der Waals surface area contributed by atoms with Crippen LogP contribution in [-0.2, 0) is 33.6 Å². The van der Waals surface area contributed by atoms with E-state index in [0.717, 1.165) is 19.3 Å². The summed E-state index contributed by atoms with van der Waals surface area (Å²) in [7, 11) is 0. The van der Waals surface area contributed by atoms with Crippen LogP contribution in [0.15, 0.2) is 12.2 Å². The molecule has 2 bridgehead atoms. The summed E-state index contributed by atoms with van der Waals surface area (Å²) in [4.78, 5) is 31.0. The van der Waals surface area contributed by atoms with Crippen LogP contribution in [-0.4, -0.2) is 59.3 Å². The van der Waals surface area contributed by atoms with Crippen LogP contribution in [0.4, 0.5) is 0 Å². The molecule has 31 heavy (non-hydrogen) atoms. The monoisotopic (exact) mass is 443 g/mol. The Morgan fingerprint density at radius 2 is 1.77 bits per heavy atom. The van der Waals surface area contributed by atoms with Crippen molar-refractivity contribution in [2.24, 2.45) is 29.4 Å². The fourth-order valence-electron chi connectivity index (χ4n) is 5.39. The number of hydrogen-bond donors (Lipinski definition) is 3. The predicted molar refractivity (Wildman–Crippen MR) is 106 cm³/mol. The van der Waals surface area contributed by atoms with Gasteiger partial charge in [0.05, 0.1) is 6.61 Å². The molecule has 0 amide bonds. The van der Waals surface area contributed by atoms with Crippen LogP contribution < -0.4 is 5.73 Å². The normalized spacial score (nSPS) is 43.5. The second-order valence-electron chi connectivity index (χ2n) is 8.94. The van der Waals surface area contributed by atoms with E-state index in [9.17, 15) is 9.59 Å². The van der Waals surface area contributed by atoms with Gasteiger partial charge in [-0.1, -0.05) is 13.8 Å². The van der Waals surface area contributed by atoms with E-state index in [1.807, 2.05) is 6.92 Å². The summed E-state index contributed by atoms with van der Waals surface area (Å²) in [6.07, 6.45) is 4.57. The molecule has 10 heteroatoms. The maximum Gasteiger partial charge on any atom is 0.328 e. The first-order valence-corrected chi connectivity index (χ1v) is 10.8. The Hall–Kier alpha value is -1.56. The summed E-state index contributed by atoms with van der Waals surface area (Å²) >= 11 is 0. The first-order chi connectivity index (χ1) is 14.6. The minimum absolute atomic E-state index is 0.224. The number of rotatable bonds is 5. The van der Waals surface area contributed by atoms with Gasteiger partial charge in [-0.2, -0.15) is 0 Å². The van der Waals surface area contributed by atoms with Gasteiger partial charge in [-0.15, -0.1) is 0 Å². The van der Waals surface area contributed by atoms with Crippen molar-refractivity contribution < 1.29 is 43.8 Å². The van der Waals surface area contributed by atoms with Gasteiger partial charge in [-0.3, -0.25) is 0 Å². The molecule has 5 aliphatic rings. The van der Waals surface area contributed by atoms with Gasteiger partial charge in [0.2, 0.25) is 5.79 Å². The van der Waals surface area contributed by atoms with Crippen LogP contribution in [0, 0.1) is 23.7 Å². The van der Waals surface area contributed by atoms with Crippen LogP contribution in [0.5, 0.6) is 0 Å². The molecule has 5 fully saturated rings. The van der Waals surface area contributed by atoms with Crippen LogP contribution >= 0.6 is 0 Å². The molecule has 8 atom stereocenters. The number of hydrogen-bond acceptors (Lipinski definition) is 8. The number of carboxylic acid groups (broad SMARTS) is 2. The highest BCUT2D eigenvalue weighted by Gasteiger charge is 2.69. The highest BCUT2D eigenvalue weighted by Crippen LogP contribution is 2.60. The third-order valence-electron chi connectivity index (χ3n) is 6.87. The average Bonchev–Trinajstić information content (AvgIpc) is 2.94. The summed E-state index contributed by atoms with van der Waals surface area (Å²) < 4.78 is 18.4. The fourth-order valence-corrected chi connectivity index (χ4v) is 5.39. The quantitative estimate of drug-likeness (QED) is 0.425. The minimum Gasteiger partial charge on any atom is -0.478 e. The molecule has 10 nitrogen and oxygen atoms in total. The van der Waals surface area contributed by atoms with Gasteiger partial charge in [0.15, 0.2) is 18.2 Å². The molecule has 1 aliphatic carbocycles. The second kappa shape index (κ2) is 9.51. The first-order valence-electron chi connectivity index (χ1n) is 10.8. The zero-order chi connectivity index (χ0) is 22.8. The Kier molecular flexibility index (Phi) is 7.39. The molecule has 1 spiro atoms. The van der Waals surface area contributed by atoms with Crippen molar-refractivity contribution in [3.05, 3.63) is 12.2 Å².